The topological polar surface area (TPSA) is 58.4 Å². The summed E-state index contributed by atoms with van der Waals surface area (Å²) in [5, 5.41) is 3.05. The Labute approximate surface area is 79.5 Å². The van der Waals surface area contributed by atoms with E-state index >= 15 is 0 Å². The molecule has 0 saturated carbocycles. The number of nitrogens with two attached hydrogens (primary N) is 1. The fourth-order valence-electron chi connectivity index (χ4n) is 1.72. The highest BCUT2D eigenvalue weighted by Gasteiger charge is 2.17. The van der Waals surface area contributed by atoms with Crippen molar-refractivity contribution in [2.75, 3.05) is 26.2 Å². The largest absolute Gasteiger partial charge is 0.369 e. The Morgan fingerprint density at radius 2 is 2.15 bits per heavy atom. The van der Waals surface area contributed by atoms with Gasteiger partial charge in [-0.15, -0.1) is 0 Å². The minimum atomic E-state index is -0.284. The summed E-state index contributed by atoms with van der Waals surface area (Å²) in [4.78, 5) is 12.9. The molecule has 1 unspecified atom stereocenters. The maximum absolute atomic E-state index is 10.4. The molecule has 13 heavy (non-hydrogen) atoms. The third kappa shape index (κ3) is 3.74. The molecule has 76 valence electrons. The normalized spacial score (nSPS) is 20.4. The van der Waals surface area contributed by atoms with E-state index in [1.807, 2.05) is 0 Å². The van der Waals surface area contributed by atoms with Crippen molar-refractivity contribution in [3.05, 3.63) is 0 Å². The number of hydrogen-bond donors (Lipinski definition) is 2. The molecule has 4 nitrogen and oxygen atoms in total. The van der Waals surface area contributed by atoms with Gasteiger partial charge in [-0.05, 0) is 32.9 Å². The third-order valence-corrected chi connectivity index (χ3v) is 2.50. The van der Waals surface area contributed by atoms with E-state index in [-0.39, 0.29) is 12.5 Å². The average Bonchev–Trinajstić information content (AvgIpc) is 2.55. The van der Waals surface area contributed by atoms with Crippen LogP contribution in [0.4, 0.5) is 0 Å². The molecule has 1 rings (SSSR count). The molecule has 0 aromatic rings. The highest BCUT2D eigenvalue weighted by Crippen LogP contribution is 2.10. The summed E-state index contributed by atoms with van der Waals surface area (Å²) >= 11 is 0. The number of nitrogens with zero attached hydrogens (tertiary/aromatic N) is 1. The molecular formula is C9H19N3O. The van der Waals surface area contributed by atoms with Crippen molar-refractivity contribution in [2.24, 2.45) is 5.73 Å². The quantitative estimate of drug-likeness (QED) is 0.609. The van der Waals surface area contributed by atoms with Crippen molar-refractivity contribution in [3.63, 3.8) is 0 Å². The van der Waals surface area contributed by atoms with Crippen LogP contribution in [-0.4, -0.2) is 43.0 Å². The zero-order chi connectivity index (χ0) is 9.68. The van der Waals surface area contributed by atoms with E-state index in [0.29, 0.717) is 6.04 Å². The van der Waals surface area contributed by atoms with E-state index in [0.717, 1.165) is 6.54 Å². The molecule has 4 heteroatoms. The van der Waals surface area contributed by atoms with Crippen molar-refractivity contribution in [2.45, 2.75) is 25.8 Å². The summed E-state index contributed by atoms with van der Waals surface area (Å²) in [6, 6.07) is 0.516. The lowest BCUT2D eigenvalue weighted by atomic mass is 10.3. The van der Waals surface area contributed by atoms with Gasteiger partial charge in [0.2, 0.25) is 5.91 Å². The summed E-state index contributed by atoms with van der Waals surface area (Å²) in [5.74, 6) is -0.284. The molecule has 1 heterocycles. The summed E-state index contributed by atoms with van der Waals surface area (Å²) in [5.41, 5.74) is 5.02. The van der Waals surface area contributed by atoms with Crippen LogP contribution in [0, 0.1) is 0 Å². The summed E-state index contributed by atoms with van der Waals surface area (Å²) in [7, 11) is 0. The van der Waals surface area contributed by atoms with Crippen LogP contribution >= 0.6 is 0 Å². The van der Waals surface area contributed by atoms with Crippen molar-refractivity contribution in [1.29, 1.82) is 0 Å². The van der Waals surface area contributed by atoms with Gasteiger partial charge in [0.1, 0.15) is 0 Å². The van der Waals surface area contributed by atoms with Gasteiger partial charge in [-0.25, -0.2) is 0 Å². The molecule has 1 aliphatic rings. The number of carbonyl (C=O) groups excluding carboxylic acids is 1. The maximum Gasteiger partial charge on any atom is 0.231 e. The van der Waals surface area contributed by atoms with E-state index in [1.165, 1.54) is 25.9 Å². The van der Waals surface area contributed by atoms with Crippen LogP contribution in [0.3, 0.4) is 0 Å². The predicted octanol–water partition coefficient (Wildman–Crippen LogP) is -0.454. The van der Waals surface area contributed by atoms with E-state index in [9.17, 15) is 4.79 Å². The van der Waals surface area contributed by atoms with Gasteiger partial charge in [-0.1, -0.05) is 0 Å². The first-order valence-electron chi connectivity index (χ1n) is 4.93. The SMILES string of the molecule is CC(CNCC(N)=O)N1CCCC1. The van der Waals surface area contributed by atoms with E-state index in [1.54, 1.807) is 0 Å². The first-order valence-corrected chi connectivity index (χ1v) is 4.93. The number of amides is 1. The lowest BCUT2D eigenvalue weighted by Crippen LogP contribution is -2.41. The molecule has 0 radical (unpaired) electrons. The molecule has 0 bridgehead atoms. The molecular weight excluding hydrogens is 166 g/mol. The zero-order valence-corrected chi connectivity index (χ0v) is 8.25. The van der Waals surface area contributed by atoms with Crippen molar-refractivity contribution in [1.82, 2.24) is 10.2 Å². The van der Waals surface area contributed by atoms with E-state index in [4.69, 9.17) is 5.73 Å². The Balaban J connectivity index is 2.09. The molecule has 0 aromatic carbocycles. The summed E-state index contributed by atoms with van der Waals surface area (Å²) in [6.45, 7) is 5.71. The molecule has 1 atom stereocenters. The van der Waals surface area contributed by atoms with Gasteiger partial charge in [-0.3, -0.25) is 9.69 Å². The van der Waals surface area contributed by atoms with Gasteiger partial charge in [0.25, 0.3) is 0 Å². The molecule has 3 N–H and O–H groups in total. The Morgan fingerprint density at radius 3 is 2.69 bits per heavy atom. The van der Waals surface area contributed by atoms with Crippen LogP contribution in [0.2, 0.25) is 0 Å². The number of rotatable bonds is 5. The maximum atomic E-state index is 10.4. The van der Waals surface area contributed by atoms with Crippen molar-refractivity contribution in [3.8, 4) is 0 Å². The van der Waals surface area contributed by atoms with Gasteiger partial charge in [-0.2, -0.15) is 0 Å². The molecule has 0 aliphatic carbocycles. The number of likely N-dealkylation sites (tertiary alicyclic amines) is 1. The number of hydrogen-bond acceptors (Lipinski definition) is 3. The molecule has 1 amide bonds. The van der Waals surface area contributed by atoms with Gasteiger partial charge >= 0.3 is 0 Å². The number of carbonyl (C=O) groups is 1. The van der Waals surface area contributed by atoms with E-state index < -0.39 is 0 Å². The minimum Gasteiger partial charge on any atom is -0.369 e. The van der Waals surface area contributed by atoms with Crippen LogP contribution < -0.4 is 11.1 Å². The van der Waals surface area contributed by atoms with Crippen LogP contribution in [0.5, 0.6) is 0 Å². The fourth-order valence-corrected chi connectivity index (χ4v) is 1.72. The Bertz CT molecular complexity index is 166. The Hall–Kier alpha value is -0.610. The second-order valence-electron chi connectivity index (χ2n) is 3.69. The third-order valence-electron chi connectivity index (χ3n) is 2.50. The van der Waals surface area contributed by atoms with Gasteiger partial charge in [0.15, 0.2) is 0 Å². The van der Waals surface area contributed by atoms with Gasteiger partial charge < -0.3 is 11.1 Å². The standard InChI is InChI=1S/C9H19N3O/c1-8(6-11-7-9(10)13)12-4-2-3-5-12/h8,11H,2-7H2,1H3,(H2,10,13). The first kappa shape index (κ1) is 10.5. The number of primary amides is 1. The highest BCUT2D eigenvalue weighted by molar-refractivity contribution is 5.75. The van der Waals surface area contributed by atoms with Crippen molar-refractivity contribution < 1.29 is 4.79 Å². The molecule has 1 fully saturated rings. The van der Waals surface area contributed by atoms with Crippen LogP contribution in [-0.2, 0) is 4.79 Å². The average molecular weight is 185 g/mol. The smallest absolute Gasteiger partial charge is 0.231 e. The minimum absolute atomic E-state index is 0.284. The highest BCUT2D eigenvalue weighted by atomic mass is 16.1. The molecule has 1 saturated heterocycles. The predicted molar refractivity (Wildman–Crippen MR) is 52.3 cm³/mol. The molecule has 0 aromatic heterocycles. The summed E-state index contributed by atoms with van der Waals surface area (Å²) in [6.07, 6.45) is 2.61. The zero-order valence-electron chi connectivity index (χ0n) is 8.25. The Kier molecular flexibility index (Phi) is 4.18. The first-order chi connectivity index (χ1) is 6.20. The summed E-state index contributed by atoms with van der Waals surface area (Å²) < 4.78 is 0. The van der Waals surface area contributed by atoms with Gasteiger partial charge in [0.05, 0.1) is 6.54 Å². The van der Waals surface area contributed by atoms with Crippen LogP contribution in [0.1, 0.15) is 19.8 Å². The monoisotopic (exact) mass is 185 g/mol. The molecule has 0 spiro atoms. The van der Waals surface area contributed by atoms with Crippen LogP contribution in [0.25, 0.3) is 0 Å². The second-order valence-corrected chi connectivity index (χ2v) is 3.69. The van der Waals surface area contributed by atoms with Gasteiger partial charge in [0, 0.05) is 12.6 Å². The lowest BCUT2D eigenvalue weighted by Gasteiger charge is -2.23. The van der Waals surface area contributed by atoms with Crippen LogP contribution in [0.15, 0.2) is 0 Å². The Morgan fingerprint density at radius 1 is 1.54 bits per heavy atom. The molecule has 1 aliphatic heterocycles. The lowest BCUT2D eigenvalue weighted by molar-refractivity contribution is -0.117. The van der Waals surface area contributed by atoms with Crippen molar-refractivity contribution >= 4 is 5.91 Å². The number of nitrogens with one attached hydrogen (secondary N) is 1. The van der Waals surface area contributed by atoms with E-state index in [2.05, 4.69) is 17.1 Å². The second kappa shape index (κ2) is 5.19. The fraction of sp³-hybridized carbons (Fsp3) is 0.889.